The average Bonchev–Trinajstić information content (AvgIpc) is 3.08. The molecule has 1 N–H and O–H groups in total. The second-order valence-electron chi connectivity index (χ2n) is 5.85. The summed E-state index contributed by atoms with van der Waals surface area (Å²) < 4.78 is 1.26. The maximum atomic E-state index is 12.5. The highest BCUT2D eigenvalue weighted by Gasteiger charge is 2.19. The molecule has 0 aliphatic rings. The van der Waals surface area contributed by atoms with Gasteiger partial charge in [0.2, 0.25) is 0 Å². The Morgan fingerprint density at radius 3 is 2.56 bits per heavy atom. The molecule has 2 heterocycles. The van der Waals surface area contributed by atoms with E-state index in [1.807, 2.05) is 37.3 Å². The molecule has 27 heavy (non-hydrogen) atoms. The van der Waals surface area contributed by atoms with Crippen LogP contribution in [0.2, 0.25) is 0 Å². The van der Waals surface area contributed by atoms with Crippen LogP contribution in [0.25, 0.3) is 11.3 Å². The van der Waals surface area contributed by atoms with Crippen LogP contribution in [0.1, 0.15) is 40.4 Å². The first kappa shape index (κ1) is 18.7. The Kier molecular flexibility index (Phi) is 5.56. The molecule has 0 radical (unpaired) electrons. The topological polar surface area (TPSA) is 93.9 Å². The number of carbonyl (C=O) groups is 2. The molecule has 0 bridgehead atoms. The van der Waals surface area contributed by atoms with Crippen molar-refractivity contribution in [1.82, 2.24) is 14.8 Å². The van der Waals surface area contributed by atoms with Crippen LogP contribution < -0.4 is 10.9 Å². The first-order valence-electron chi connectivity index (χ1n) is 8.46. The van der Waals surface area contributed by atoms with Gasteiger partial charge in [-0.2, -0.15) is 5.10 Å². The van der Waals surface area contributed by atoms with Crippen LogP contribution in [0.3, 0.4) is 0 Å². The number of ketones is 1. The zero-order valence-corrected chi connectivity index (χ0v) is 15.7. The van der Waals surface area contributed by atoms with Crippen LogP contribution in [0.15, 0.2) is 47.3 Å². The predicted octanol–water partition coefficient (Wildman–Crippen LogP) is 3.23. The van der Waals surface area contributed by atoms with E-state index in [9.17, 15) is 14.4 Å². The van der Waals surface area contributed by atoms with E-state index < -0.39 is 5.91 Å². The van der Waals surface area contributed by atoms with Gasteiger partial charge in [-0.1, -0.05) is 48.6 Å². The molecule has 2 aromatic heterocycles. The largest absolute Gasteiger partial charge is 0.296 e. The van der Waals surface area contributed by atoms with Crippen molar-refractivity contribution in [3.63, 3.8) is 0 Å². The van der Waals surface area contributed by atoms with Gasteiger partial charge in [-0.25, -0.2) is 9.67 Å². The van der Waals surface area contributed by atoms with Crippen molar-refractivity contribution in [2.75, 3.05) is 5.32 Å². The van der Waals surface area contributed by atoms with Gasteiger partial charge in [0.15, 0.2) is 10.9 Å². The number of hydrogen-bond acceptors (Lipinski definition) is 6. The number of Topliss-reactive ketones (excluding diaryl/α,β-unsaturated/α-hetero) is 1. The Balaban J connectivity index is 1.90. The normalized spacial score (nSPS) is 10.6. The first-order chi connectivity index (χ1) is 13.0. The molecule has 0 saturated heterocycles. The monoisotopic (exact) mass is 382 g/mol. The molecule has 0 unspecified atom stereocenters. The molecule has 0 saturated carbocycles. The SMILES string of the molecule is CCCn1nc(C(=O)Nc2nc(-c3ccccc3)c(C(C)=O)s2)ccc1=O. The summed E-state index contributed by atoms with van der Waals surface area (Å²) in [5.41, 5.74) is 1.19. The molecule has 3 aromatic rings. The Morgan fingerprint density at radius 2 is 1.89 bits per heavy atom. The molecule has 1 aromatic carbocycles. The second kappa shape index (κ2) is 8.05. The third-order valence-electron chi connectivity index (χ3n) is 3.75. The number of carbonyl (C=O) groups excluding carboxylic acids is 2. The zero-order chi connectivity index (χ0) is 19.4. The number of hydrogen-bond donors (Lipinski definition) is 1. The molecular formula is C19H18N4O3S. The summed E-state index contributed by atoms with van der Waals surface area (Å²) in [7, 11) is 0. The highest BCUT2D eigenvalue weighted by Crippen LogP contribution is 2.31. The standard InChI is InChI=1S/C19H18N4O3S/c1-3-11-23-15(25)10-9-14(22-23)18(26)21-19-20-16(17(27-19)12(2)24)13-7-5-4-6-8-13/h4-10H,3,11H2,1-2H3,(H,20,21,26). The minimum atomic E-state index is -0.483. The highest BCUT2D eigenvalue weighted by atomic mass is 32.1. The maximum absolute atomic E-state index is 12.5. The molecule has 0 atom stereocenters. The number of nitrogens with one attached hydrogen (secondary N) is 1. The highest BCUT2D eigenvalue weighted by molar-refractivity contribution is 7.18. The molecule has 1 amide bonds. The lowest BCUT2D eigenvalue weighted by molar-refractivity contribution is 0.101. The minimum Gasteiger partial charge on any atom is -0.296 e. The van der Waals surface area contributed by atoms with Gasteiger partial charge < -0.3 is 0 Å². The summed E-state index contributed by atoms with van der Waals surface area (Å²) in [6.07, 6.45) is 0.729. The molecule has 138 valence electrons. The Morgan fingerprint density at radius 1 is 1.15 bits per heavy atom. The van der Waals surface area contributed by atoms with Gasteiger partial charge in [0.05, 0.1) is 10.6 Å². The Bertz CT molecular complexity index is 1040. The fourth-order valence-electron chi connectivity index (χ4n) is 2.51. The summed E-state index contributed by atoms with van der Waals surface area (Å²) >= 11 is 1.11. The third-order valence-corrected chi connectivity index (χ3v) is 4.82. The van der Waals surface area contributed by atoms with E-state index in [4.69, 9.17) is 0 Å². The molecule has 8 heteroatoms. The second-order valence-corrected chi connectivity index (χ2v) is 6.85. The first-order valence-corrected chi connectivity index (χ1v) is 9.28. The van der Waals surface area contributed by atoms with Gasteiger partial charge >= 0.3 is 0 Å². The Labute approximate surface area is 159 Å². The van der Waals surface area contributed by atoms with Crippen molar-refractivity contribution in [2.45, 2.75) is 26.8 Å². The van der Waals surface area contributed by atoms with E-state index in [0.29, 0.717) is 22.2 Å². The molecule has 0 spiro atoms. The number of anilines is 1. The molecular weight excluding hydrogens is 364 g/mol. The number of rotatable bonds is 6. The van der Waals surface area contributed by atoms with Gasteiger partial charge in [-0.3, -0.25) is 19.7 Å². The van der Waals surface area contributed by atoms with Gasteiger partial charge in [0, 0.05) is 25.1 Å². The fourth-order valence-corrected chi connectivity index (χ4v) is 3.38. The zero-order valence-electron chi connectivity index (χ0n) is 14.9. The lowest BCUT2D eigenvalue weighted by Gasteiger charge is -2.05. The molecule has 3 rings (SSSR count). The number of nitrogens with zero attached hydrogens (tertiary/aromatic N) is 3. The van der Waals surface area contributed by atoms with Gasteiger partial charge in [-0.15, -0.1) is 0 Å². The van der Waals surface area contributed by atoms with E-state index in [0.717, 1.165) is 23.3 Å². The molecule has 0 fully saturated rings. The molecule has 0 aliphatic carbocycles. The number of aromatic nitrogens is 3. The van der Waals surface area contributed by atoms with Crippen LogP contribution in [-0.4, -0.2) is 26.5 Å². The maximum Gasteiger partial charge on any atom is 0.277 e. The van der Waals surface area contributed by atoms with Gasteiger partial charge in [0.1, 0.15) is 5.69 Å². The fraction of sp³-hybridized carbons (Fsp3) is 0.211. The predicted molar refractivity (Wildman–Crippen MR) is 104 cm³/mol. The summed E-state index contributed by atoms with van der Waals surface area (Å²) in [4.78, 5) is 41.1. The number of aryl methyl sites for hydroxylation is 1. The van der Waals surface area contributed by atoms with E-state index >= 15 is 0 Å². The van der Waals surface area contributed by atoms with Crippen LogP contribution >= 0.6 is 11.3 Å². The molecule has 7 nitrogen and oxygen atoms in total. The lowest BCUT2D eigenvalue weighted by atomic mass is 10.1. The van der Waals surface area contributed by atoms with Crippen molar-refractivity contribution < 1.29 is 9.59 Å². The number of thiazole rings is 1. The third kappa shape index (κ3) is 4.17. The van der Waals surface area contributed by atoms with Crippen LogP contribution in [0, 0.1) is 0 Å². The summed E-state index contributed by atoms with van der Waals surface area (Å²) in [6, 6.07) is 12.0. The smallest absolute Gasteiger partial charge is 0.277 e. The Hall–Kier alpha value is -3.13. The summed E-state index contributed by atoms with van der Waals surface area (Å²) in [6.45, 7) is 3.82. The average molecular weight is 382 g/mol. The van der Waals surface area contributed by atoms with Gasteiger partial charge in [-0.05, 0) is 12.5 Å². The van der Waals surface area contributed by atoms with Gasteiger partial charge in [0.25, 0.3) is 11.5 Å². The molecule has 0 aliphatic heterocycles. The van der Waals surface area contributed by atoms with E-state index in [2.05, 4.69) is 15.4 Å². The summed E-state index contributed by atoms with van der Waals surface area (Å²) in [5.74, 6) is -0.607. The van der Waals surface area contributed by atoms with E-state index in [-0.39, 0.29) is 17.0 Å². The van der Waals surface area contributed by atoms with E-state index in [1.165, 1.54) is 23.7 Å². The van der Waals surface area contributed by atoms with Crippen molar-refractivity contribution in [3.8, 4) is 11.3 Å². The van der Waals surface area contributed by atoms with Crippen LogP contribution in [-0.2, 0) is 6.54 Å². The van der Waals surface area contributed by atoms with E-state index in [1.54, 1.807) is 0 Å². The lowest BCUT2D eigenvalue weighted by Crippen LogP contribution is -2.26. The summed E-state index contributed by atoms with van der Waals surface area (Å²) in [5, 5.41) is 7.06. The van der Waals surface area contributed by atoms with Crippen molar-refractivity contribution in [3.05, 3.63) is 63.4 Å². The number of benzene rings is 1. The van der Waals surface area contributed by atoms with Crippen LogP contribution in [0.5, 0.6) is 0 Å². The quantitative estimate of drug-likeness (QED) is 0.661. The van der Waals surface area contributed by atoms with Crippen molar-refractivity contribution in [2.24, 2.45) is 0 Å². The van der Waals surface area contributed by atoms with Crippen molar-refractivity contribution >= 4 is 28.2 Å². The minimum absolute atomic E-state index is 0.115. The van der Waals surface area contributed by atoms with Crippen LogP contribution in [0.4, 0.5) is 5.13 Å². The number of amides is 1. The van der Waals surface area contributed by atoms with Crippen molar-refractivity contribution in [1.29, 1.82) is 0 Å².